The van der Waals surface area contributed by atoms with Crippen LogP contribution in [0.1, 0.15) is 28.2 Å². The number of halogens is 4. The molecule has 3 rings (SSSR count). The van der Waals surface area contributed by atoms with Crippen molar-refractivity contribution in [1.82, 2.24) is 9.97 Å². The molecule has 0 radical (unpaired) electrons. The second-order valence-electron chi connectivity index (χ2n) is 6.63. The van der Waals surface area contributed by atoms with Gasteiger partial charge in [0.05, 0.1) is 15.6 Å². The Kier molecular flexibility index (Phi) is 5.74. The summed E-state index contributed by atoms with van der Waals surface area (Å²) < 4.78 is 38.9. The molecule has 3 nitrogen and oxygen atoms in total. The Hall–Kier alpha value is -2.41. The molecule has 28 heavy (non-hydrogen) atoms. The maximum atomic E-state index is 12.8. The van der Waals surface area contributed by atoms with E-state index in [1.165, 1.54) is 12.1 Å². The normalized spacial score (nSPS) is 11.6. The van der Waals surface area contributed by atoms with Gasteiger partial charge in [-0.1, -0.05) is 24.3 Å². The van der Waals surface area contributed by atoms with E-state index in [1.807, 2.05) is 19.9 Å². The number of hydrogen-bond donors (Lipinski definition) is 1. The molecular weight excluding hydrogens is 433 g/mol. The first-order chi connectivity index (χ1) is 13.2. The molecule has 0 spiro atoms. The zero-order valence-electron chi connectivity index (χ0n) is 15.3. The number of aromatic amines is 1. The molecule has 3 aromatic rings. The first kappa shape index (κ1) is 20.3. The molecule has 2 aromatic heterocycles. The summed E-state index contributed by atoms with van der Waals surface area (Å²) in [6, 6.07) is 8.94. The number of alkyl halides is 3. The third kappa shape index (κ3) is 4.35. The fraction of sp³-hybridized carbons (Fsp3) is 0.238. The van der Waals surface area contributed by atoms with Gasteiger partial charge in [0.1, 0.15) is 0 Å². The highest BCUT2D eigenvalue weighted by atomic mass is 79.9. The number of nitrogens with one attached hydrogen (secondary N) is 1. The molecular formula is C21H18BrF3N2O. The van der Waals surface area contributed by atoms with Gasteiger partial charge in [-0.25, -0.2) is 0 Å². The van der Waals surface area contributed by atoms with E-state index in [4.69, 9.17) is 0 Å². The first-order valence-corrected chi connectivity index (χ1v) is 9.46. The van der Waals surface area contributed by atoms with E-state index in [1.54, 1.807) is 18.3 Å². The molecule has 146 valence electrons. The molecule has 1 N–H and O–H groups in total. The zero-order valence-corrected chi connectivity index (χ0v) is 16.9. The average Bonchev–Trinajstić information content (AvgIpc) is 2.65. The van der Waals surface area contributed by atoms with Crippen LogP contribution in [0.2, 0.25) is 0 Å². The Labute approximate surface area is 168 Å². The molecule has 0 unspecified atom stereocenters. The Morgan fingerprint density at radius 2 is 1.82 bits per heavy atom. The van der Waals surface area contributed by atoms with Gasteiger partial charge in [-0.2, -0.15) is 13.2 Å². The highest BCUT2D eigenvalue weighted by Crippen LogP contribution is 2.29. The molecule has 0 saturated heterocycles. The summed E-state index contributed by atoms with van der Waals surface area (Å²) in [6.45, 7) is 3.65. The lowest BCUT2D eigenvalue weighted by molar-refractivity contribution is -0.137. The fourth-order valence-corrected chi connectivity index (χ4v) is 3.39. The van der Waals surface area contributed by atoms with E-state index in [0.29, 0.717) is 34.0 Å². The van der Waals surface area contributed by atoms with Crippen molar-refractivity contribution in [2.75, 3.05) is 0 Å². The van der Waals surface area contributed by atoms with Crippen molar-refractivity contribution in [2.45, 2.75) is 32.9 Å². The van der Waals surface area contributed by atoms with E-state index in [2.05, 4.69) is 25.9 Å². The fourth-order valence-electron chi connectivity index (χ4n) is 3.09. The highest BCUT2D eigenvalue weighted by Gasteiger charge is 2.30. The molecule has 0 aliphatic heterocycles. The zero-order chi connectivity index (χ0) is 20.5. The second kappa shape index (κ2) is 7.91. The maximum Gasteiger partial charge on any atom is 0.416 e. The third-order valence-corrected chi connectivity index (χ3v) is 5.50. The molecule has 0 fully saturated rings. The quantitative estimate of drug-likeness (QED) is 0.560. The van der Waals surface area contributed by atoms with E-state index >= 15 is 0 Å². The summed E-state index contributed by atoms with van der Waals surface area (Å²) in [5, 5.41) is 0. The van der Waals surface area contributed by atoms with Gasteiger partial charge >= 0.3 is 6.18 Å². The van der Waals surface area contributed by atoms with Gasteiger partial charge in [0.25, 0.3) is 0 Å². The van der Waals surface area contributed by atoms with Crippen molar-refractivity contribution in [3.63, 3.8) is 0 Å². The number of aromatic nitrogens is 2. The number of rotatable bonds is 4. The molecule has 0 aliphatic rings. The Morgan fingerprint density at radius 1 is 1.07 bits per heavy atom. The highest BCUT2D eigenvalue weighted by molar-refractivity contribution is 9.10. The predicted octanol–water partition coefficient (Wildman–Crippen LogP) is 5.62. The van der Waals surface area contributed by atoms with Crippen LogP contribution in [0.25, 0.3) is 11.1 Å². The minimum absolute atomic E-state index is 0.104. The molecule has 7 heteroatoms. The maximum absolute atomic E-state index is 12.8. The SMILES string of the molecule is Cc1[nH]c(C)c(-c2ccc(CCc3cccc(C(F)(F)F)c3)nc2)c(=O)c1Br. The lowest BCUT2D eigenvalue weighted by Gasteiger charge is -2.10. The average molecular weight is 451 g/mol. The van der Waals surface area contributed by atoms with Crippen LogP contribution < -0.4 is 5.43 Å². The van der Waals surface area contributed by atoms with Crippen LogP contribution in [-0.2, 0) is 19.0 Å². The van der Waals surface area contributed by atoms with E-state index in [0.717, 1.165) is 23.1 Å². The summed E-state index contributed by atoms with van der Waals surface area (Å²) in [4.78, 5) is 20.1. The standard InChI is InChI=1S/C21H18BrF3N2O/c1-12-18(20(28)19(22)13(2)27-12)15-7-9-17(26-11-15)8-6-14-4-3-5-16(10-14)21(23,24)25/h3-5,7,9-11H,6,8H2,1-2H3,(H,27,28). The van der Waals surface area contributed by atoms with Gasteiger partial charge in [0.15, 0.2) is 0 Å². The topological polar surface area (TPSA) is 45.8 Å². The van der Waals surface area contributed by atoms with E-state index in [9.17, 15) is 18.0 Å². The van der Waals surface area contributed by atoms with Crippen molar-refractivity contribution in [2.24, 2.45) is 0 Å². The van der Waals surface area contributed by atoms with Gasteiger partial charge < -0.3 is 4.98 Å². The lowest BCUT2D eigenvalue weighted by atomic mass is 10.0. The monoisotopic (exact) mass is 450 g/mol. The van der Waals surface area contributed by atoms with E-state index < -0.39 is 11.7 Å². The van der Waals surface area contributed by atoms with Crippen LogP contribution in [0.3, 0.4) is 0 Å². The summed E-state index contributed by atoms with van der Waals surface area (Å²) in [5.41, 5.74) is 3.37. The molecule has 0 aliphatic carbocycles. The van der Waals surface area contributed by atoms with Gasteiger partial charge in [-0.05, 0) is 60.3 Å². The number of benzene rings is 1. The van der Waals surface area contributed by atoms with Gasteiger partial charge in [0, 0.05) is 28.8 Å². The number of aryl methyl sites for hydroxylation is 4. The van der Waals surface area contributed by atoms with E-state index in [-0.39, 0.29) is 5.43 Å². The minimum Gasteiger partial charge on any atom is -0.361 e. The van der Waals surface area contributed by atoms with Crippen molar-refractivity contribution >= 4 is 15.9 Å². The van der Waals surface area contributed by atoms with Crippen molar-refractivity contribution < 1.29 is 13.2 Å². The predicted molar refractivity (Wildman–Crippen MR) is 106 cm³/mol. The van der Waals surface area contributed by atoms with Crippen molar-refractivity contribution in [1.29, 1.82) is 0 Å². The molecule has 0 atom stereocenters. The van der Waals surface area contributed by atoms with Crippen LogP contribution in [-0.4, -0.2) is 9.97 Å². The molecule has 2 heterocycles. The number of pyridine rings is 2. The Morgan fingerprint density at radius 3 is 2.46 bits per heavy atom. The number of nitrogens with zero attached hydrogens (tertiary/aromatic N) is 1. The molecule has 1 aromatic carbocycles. The summed E-state index contributed by atoms with van der Waals surface area (Å²) >= 11 is 3.30. The van der Waals surface area contributed by atoms with Crippen LogP contribution in [0.4, 0.5) is 13.2 Å². The second-order valence-corrected chi connectivity index (χ2v) is 7.42. The van der Waals surface area contributed by atoms with Crippen molar-refractivity contribution in [3.8, 4) is 11.1 Å². The number of H-pyrrole nitrogens is 1. The Bertz CT molecular complexity index is 1060. The van der Waals surface area contributed by atoms with Crippen LogP contribution >= 0.6 is 15.9 Å². The Balaban J connectivity index is 1.78. The molecule has 0 amide bonds. The smallest absolute Gasteiger partial charge is 0.361 e. The molecule has 0 bridgehead atoms. The van der Waals surface area contributed by atoms with Gasteiger partial charge in [-0.15, -0.1) is 0 Å². The van der Waals surface area contributed by atoms with Crippen molar-refractivity contribution in [3.05, 3.63) is 85.5 Å². The van der Waals surface area contributed by atoms with Crippen LogP contribution in [0.15, 0.2) is 51.9 Å². The van der Waals surface area contributed by atoms with Gasteiger partial charge in [-0.3, -0.25) is 9.78 Å². The summed E-state index contributed by atoms with van der Waals surface area (Å²) in [7, 11) is 0. The van der Waals surface area contributed by atoms with Gasteiger partial charge in [0.2, 0.25) is 5.43 Å². The largest absolute Gasteiger partial charge is 0.416 e. The third-order valence-electron chi connectivity index (χ3n) is 4.54. The van der Waals surface area contributed by atoms with Crippen LogP contribution in [0, 0.1) is 13.8 Å². The molecule has 0 saturated carbocycles. The number of hydrogen-bond acceptors (Lipinski definition) is 2. The summed E-state index contributed by atoms with van der Waals surface area (Å²) in [5.74, 6) is 0. The van der Waals surface area contributed by atoms with Crippen LogP contribution in [0.5, 0.6) is 0 Å². The summed E-state index contributed by atoms with van der Waals surface area (Å²) in [6.07, 6.45) is -1.76. The first-order valence-electron chi connectivity index (χ1n) is 8.67. The lowest BCUT2D eigenvalue weighted by Crippen LogP contribution is -2.12. The minimum atomic E-state index is -4.34.